The predicted molar refractivity (Wildman–Crippen MR) is 152 cm³/mol. The number of nitrogens with one attached hydrogen (secondary N) is 2. The molecule has 3 fully saturated rings. The first kappa shape index (κ1) is 26.6. The maximum absolute atomic E-state index is 13.7. The number of nitrogens with zero attached hydrogens (tertiary/aromatic N) is 4. The summed E-state index contributed by atoms with van der Waals surface area (Å²) in [5.74, 6) is -0.320. The van der Waals surface area contributed by atoms with Gasteiger partial charge in [-0.2, -0.15) is 0 Å². The lowest BCUT2D eigenvalue weighted by atomic mass is 10.0. The van der Waals surface area contributed by atoms with Gasteiger partial charge in [-0.05, 0) is 49.1 Å². The van der Waals surface area contributed by atoms with E-state index in [0.717, 1.165) is 51.5 Å². The maximum atomic E-state index is 13.7. The molecular weight excluding hydrogens is 508 g/mol. The molecule has 3 aromatic rings. The lowest BCUT2D eigenvalue weighted by Crippen LogP contribution is -2.60. The molecule has 0 aliphatic carbocycles. The molecule has 2 amide bonds. The number of ether oxygens (including phenoxy) is 1. The Morgan fingerprint density at radius 2 is 1.88 bits per heavy atom. The Bertz CT molecular complexity index is 1510. The summed E-state index contributed by atoms with van der Waals surface area (Å²) in [7, 11) is 0. The summed E-state index contributed by atoms with van der Waals surface area (Å²) < 4.78 is 6.90. The maximum Gasteiger partial charge on any atom is 0.264 e. The molecule has 40 heavy (non-hydrogen) atoms. The van der Waals surface area contributed by atoms with Gasteiger partial charge in [0.25, 0.3) is 5.56 Å². The number of hydrogen-bond donors (Lipinski definition) is 2. The van der Waals surface area contributed by atoms with Crippen LogP contribution >= 0.6 is 0 Å². The molecule has 10 heteroatoms. The number of amides is 2. The number of rotatable bonds is 7. The van der Waals surface area contributed by atoms with Crippen LogP contribution in [0.15, 0.2) is 41.2 Å². The first-order valence-corrected chi connectivity index (χ1v) is 14.1. The van der Waals surface area contributed by atoms with E-state index in [4.69, 9.17) is 4.74 Å². The molecule has 0 spiro atoms. The minimum atomic E-state index is -0.750. The summed E-state index contributed by atoms with van der Waals surface area (Å²) >= 11 is 0. The lowest BCUT2D eigenvalue weighted by Gasteiger charge is -2.46. The average molecular weight is 545 g/mol. The second kappa shape index (κ2) is 11.1. The molecule has 1 atom stereocenters. The zero-order valence-electron chi connectivity index (χ0n) is 23.1. The number of imide groups is 1. The van der Waals surface area contributed by atoms with Crippen LogP contribution in [0, 0.1) is 13.8 Å². The summed E-state index contributed by atoms with van der Waals surface area (Å²) in [4.78, 5) is 47.5. The molecule has 0 saturated carbocycles. The third kappa shape index (κ3) is 5.26. The fourth-order valence-corrected chi connectivity index (χ4v) is 6.15. The Hall–Kier alpha value is -3.60. The molecule has 3 aliphatic rings. The van der Waals surface area contributed by atoms with Crippen molar-refractivity contribution in [3.05, 3.63) is 69.3 Å². The van der Waals surface area contributed by atoms with Gasteiger partial charge in [0.1, 0.15) is 11.9 Å². The van der Waals surface area contributed by atoms with Crippen molar-refractivity contribution in [2.45, 2.75) is 51.9 Å². The van der Waals surface area contributed by atoms with Crippen molar-refractivity contribution in [3.8, 4) is 0 Å². The van der Waals surface area contributed by atoms with E-state index >= 15 is 0 Å². The van der Waals surface area contributed by atoms with Crippen LogP contribution in [0.1, 0.15) is 41.4 Å². The van der Waals surface area contributed by atoms with Crippen LogP contribution in [-0.2, 0) is 27.4 Å². The van der Waals surface area contributed by atoms with Crippen LogP contribution < -0.4 is 16.2 Å². The number of anilines is 1. The van der Waals surface area contributed by atoms with Gasteiger partial charge in [0, 0.05) is 57.4 Å². The molecule has 0 radical (unpaired) electrons. The van der Waals surface area contributed by atoms with Gasteiger partial charge in [-0.25, -0.2) is 4.98 Å². The fraction of sp³-hybridized carbons (Fsp3) is 0.467. The third-order valence-electron chi connectivity index (χ3n) is 8.41. The second-order valence-electron chi connectivity index (χ2n) is 11.1. The van der Waals surface area contributed by atoms with E-state index in [0.29, 0.717) is 35.0 Å². The van der Waals surface area contributed by atoms with Crippen LogP contribution in [0.25, 0.3) is 10.9 Å². The normalized spacial score (nSPS) is 20.9. The SMILES string of the molecule is Cc1cc(CN2CC(N3CCOCC3)C2)ccc1CNc1cccc2nc(C)n(C3CCC(=O)NC3=O)c(=O)c12. The van der Waals surface area contributed by atoms with Crippen LogP contribution in [0.5, 0.6) is 0 Å². The number of likely N-dealkylation sites (tertiary alicyclic amines) is 1. The van der Waals surface area contributed by atoms with E-state index in [1.54, 1.807) is 6.92 Å². The first-order chi connectivity index (χ1) is 19.4. The number of carbonyl (C=O) groups is 2. The summed E-state index contributed by atoms with van der Waals surface area (Å²) in [6, 6.07) is 12.1. The van der Waals surface area contributed by atoms with Crippen LogP contribution in [0.4, 0.5) is 5.69 Å². The molecule has 4 heterocycles. The molecule has 1 unspecified atom stereocenters. The number of benzene rings is 2. The first-order valence-electron chi connectivity index (χ1n) is 14.1. The van der Waals surface area contributed by atoms with Crippen LogP contribution in [0.3, 0.4) is 0 Å². The second-order valence-corrected chi connectivity index (χ2v) is 11.1. The van der Waals surface area contributed by atoms with E-state index < -0.39 is 11.9 Å². The highest BCUT2D eigenvalue weighted by Crippen LogP contribution is 2.25. The van der Waals surface area contributed by atoms with Crippen molar-refractivity contribution in [2.24, 2.45) is 0 Å². The van der Waals surface area contributed by atoms with E-state index in [1.807, 2.05) is 18.2 Å². The van der Waals surface area contributed by atoms with Gasteiger partial charge in [-0.3, -0.25) is 34.1 Å². The van der Waals surface area contributed by atoms with E-state index in [1.165, 1.54) is 15.7 Å². The topological polar surface area (TPSA) is 109 Å². The highest BCUT2D eigenvalue weighted by atomic mass is 16.5. The molecule has 2 aromatic carbocycles. The van der Waals surface area contributed by atoms with Crippen molar-refractivity contribution in [1.82, 2.24) is 24.7 Å². The highest BCUT2D eigenvalue weighted by Gasteiger charge is 2.33. The Kier molecular flexibility index (Phi) is 7.39. The number of piperidine rings is 1. The van der Waals surface area contributed by atoms with Gasteiger partial charge < -0.3 is 10.1 Å². The van der Waals surface area contributed by atoms with Crippen molar-refractivity contribution in [2.75, 3.05) is 44.7 Å². The molecule has 6 rings (SSSR count). The standard InChI is InChI=1S/C30H36N6O4/c1-19-14-21(16-34-17-23(18-34)35-10-12-40-13-11-35)6-7-22(19)15-31-24-4-3-5-25-28(24)30(39)36(20(2)32-25)26-8-9-27(37)33-29(26)38/h3-7,14,23,26,31H,8-13,15-18H2,1-2H3,(H,33,37,38). The van der Waals surface area contributed by atoms with Crippen LogP contribution in [-0.4, -0.2) is 76.6 Å². The molecule has 3 aliphatic heterocycles. The average Bonchev–Trinajstić information content (AvgIpc) is 2.91. The predicted octanol–water partition coefficient (Wildman–Crippen LogP) is 2.12. The minimum Gasteiger partial charge on any atom is -0.380 e. The van der Waals surface area contributed by atoms with Crippen molar-refractivity contribution in [1.29, 1.82) is 0 Å². The smallest absolute Gasteiger partial charge is 0.264 e. The Balaban J connectivity index is 1.15. The van der Waals surface area contributed by atoms with Crippen LogP contribution in [0.2, 0.25) is 0 Å². The number of aryl methyl sites for hydroxylation is 2. The van der Waals surface area contributed by atoms with E-state index in [9.17, 15) is 14.4 Å². The van der Waals surface area contributed by atoms with Gasteiger partial charge >= 0.3 is 0 Å². The van der Waals surface area contributed by atoms with Gasteiger partial charge in [0.05, 0.1) is 24.1 Å². The molecule has 0 bridgehead atoms. The van der Waals surface area contributed by atoms with E-state index in [-0.39, 0.29) is 24.3 Å². The number of aromatic nitrogens is 2. The summed E-state index contributed by atoms with van der Waals surface area (Å²) in [5.41, 5.74) is 4.63. The van der Waals surface area contributed by atoms with Gasteiger partial charge in [0.15, 0.2) is 0 Å². The van der Waals surface area contributed by atoms with Gasteiger partial charge in [-0.1, -0.05) is 24.3 Å². The molecule has 10 nitrogen and oxygen atoms in total. The largest absolute Gasteiger partial charge is 0.380 e. The number of fused-ring (bicyclic) bond motifs is 1. The van der Waals surface area contributed by atoms with Crippen molar-refractivity contribution in [3.63, 3.8) is 0 Å². The molecular formula is C30H36N6O4. The number of morpholine rings is 1. The van der Waals surface area contributed by atoms with Gasteiger partial charge in [0.2, 0.25) is 11.8 Å². The Morgan fingerprint density at radius 1 is 1.07 bits per heavy atom. The fourth-order valence-electron chi connectivity index (χ4n) is 6.15. The molecule has 3 saturated heterocycles. The number of hydrogen-bond acceptors (Lipinski definition) is 8. The zero-order chi connectivity index (χ0) is 27.8. The lowest BCUT2D eigenvalue weighted by molar-refractivity contribution is -0.135. The quantitative estimate of drug-likeness (QED) is 0.436. The van der Waals surface area contributed by atoms with Crippen molar-refractivity contribution < 1.29 is 14.3 Å². The summed E-state index contributed by atoms with van der Waals surface area (Å²) in [6.07, 6.45) is 0.479. The Morgan fingerprint density at radius 3 is 2.62 bits per heavy atom. The third-order valence-corrected chi connectivity index (χ3v) is 8.41. The monoisotopic (exact) mass is 544 g/mol. The van der Waals surface area contributed by atoms with Crippen molar-refractivity contribution >= 4 is 28.4 Å². The zero-order valence-corrected chi connectivity index (χ0v) is 23.1. The molecule has 1 aromatic heterocycles. The van der Waals surface area contributed by atoms with Gasteiger partial charge in [-0.15, -0.1) is 0 Å². The van der Waals surface area contributed by atoms with E-state index in [2.05, 4.69) is 50.5 Å². The molecule has 210 valence electrons. The molecule has 2 N–H and O–H groups in total. The number of carbonyl (C=O) groups excluding carboxylic acids is 2. The minimum absolute atomic E-state index is 0.196. The Labute approximate surface area is 233 Å². The summed E-state index contributed by atoms with van der Waals surface area (Å²) in [5, 5.41) is 6.24. The summed E-state index contributed by atoms with van der Waals surface area (Å²) in [6.45, 7) is 11.3. The highest BCUT2D eigenvalue weighted by molar-refractivity contribution is 5.99.